The van der Waals surface area contributed by atoms with E-state index in [1.165, 1.54) is 0 Å². The van der Waals surface area contributed by atoms with Gasteiger partial charge in [0.25, 0.3) is 5.91 Å². The number of aromatic nitrogens is 2. The van der Waals surface area contributed by atoms with E-state index in [2.05, 4.69) is 5.10 Å². The molecular formula is C18H19N3O2. The van der Waals surface area contributed by atoms with Crippen LogP contribution in [0.5, 0.6) is 0 Å². The Balaban J connectivity index is 1.58. The number of carbonyl (C=O) groups is 1. The number of hydrogen-bond donors (Lipinski definition) is 0. The van der Waals surface area contributed by atoms with Crippen molar-refractivity contribution in [3.8, 4) is 0 Å². The lowest BCUT2D eigenvalue weighted by molar-refractivity contribution is 0.0691. The van der Waals surface area contributed by atoms with Gasteiger partial charge in [-0.25, -0.2) is 0 Å². The first-order chi connectivity index (χ1) is 11.2. The molecule has 0 saturated carbocycles. The molecule has 1 aliphatic rings. The molecule has 1 amide bonds. The van der Waals surface area contributed by atoms with Crippen LogP contribution in [0.25, 0.3) is 11.0 Å². The zero-order valence-corrected chi connectivity index (χ0v) is 13.1. The summed E-state index contributed by atoms with van der Waals surface area (Å²) < 4.78 is 7.65. The van der Waals surface area contributed by atoms with Crippen molar-refractivity contribution in [2.24, 2.45) is 0 Å². The van der Waals surface area contributed by atoms with Crippen molar-refractivity contribution in [2.45, 2.75) is 32.4 Å². The third kappa shape index (κ3) is 2.63. The Kier molecular flexibility index (Phi) is 3.41. The standard InChI is InChI=1S/C18H19N3O2/c1-13-5-6-16-14(10-13)11-17(23-16)18(22)21-9-2-4-15(21)12-20-8-3-7-19-20/h3,5-8,10-11,15H,2,4,9,12H2,1H3/t15-/m1/s1. The average Bonchev–Trinajstić information content (AvgIpc) is 3.26. The molecule has 5 nitrogen and oxygen atoms in total. The lowest BCUT2D eigenvalue weighted by Crippen LogP contribution is -2.38. The molecule has 1 atom stereocenters. The number of aryl methyl sites for hydroxylation is 1. The van der Waals surface area contributed by atoms with E-state index < -0.39 is 0 Å². The molecule has 1 saturated heterocycles. The van der Waals surface area contributed by atoms with Crippen LogP contribution in [0.4, 0.5) is 0 Å². The summed E-state index contributed by atoms with van der Waals surface area (Å²) in [5.74, 6) is 0.409. The fraction of sp³-hybridized carbons (Fsp3) is 0.333. The maximum atomic E-state index is 12.8. The van der Waals surface area contributed by atoms with Crippen LogP contribution in [-0.4, -0.2) is 33.2 Å². The highest BCUT2D eigenvalue weighted by Crippen LogP contribution is 2.25. The second-order valence-corrected chi connectivity index (χ2v) is 6.17. The Morgan fingerprint density at radius 1 is 1.39 bits per heavy atom. The monoisotopic (exact) mass is 309 g/mol. The number of furan rings is 1. The van der Waals surface area contributed by atoms with Crippen LogP contribution in [0.15, 0.2) is 47.1 Å². The number of amides is 1. The van der Waals surface area contributed by atoms with Gasteiger partial charge in [-0.1, -0.05) is 11.6 Å². The lowest BCUT2D eigenvalue weighted by atomic mass is 10.2. The van der Waals surface area contributed by atoms with Gasteiger partial charge in [0.15, 0.2) is 5.76 Å². The van der Waals surface area contributed by atoms with Gasteiger partial charge in [-0.3, -0.25) is 9.48 Å². The highest BCUT2D eigenvalue weighted by atomic mass is 16.3. The summed E-state index contributed by atoms with van der Waals surface area (Å²) in [5, 5.41) is 5.23. The zero-order chi connectivity index (χ0) is 15.8. The Morgan fingerprint density at radius 3 is 3.13 bits per heavy atom. The van der Waals surface area contributed by atoms with E-state index in [0.717, 1.165) is 42.5 Å². The van der Waals surface area contributed by atoms with Gasteiger partial charge in [0.05, 0.1) is 12.6 Å². The fourth-order valence-corrected chi connectivity index (χ4v) is 3.33. The maximum Gasteiger partial charge on any atom is 0.289 e. The highest BCUT2D eigenvalue weighted by molar-refractivity contribution is 5.96. The summed E-state index contributed by atoms with van der Waals surface area (Å²) in [6.45, 7) is 3.55. The summed E-state index contributed by atoms with van der Waals surface area (Å²) in [6, 6.07) is 9.90. The van der Waals surface area contributed by atoms with Gasteiger partial charge in [0.2, 0.25) is 0 Å². The van der Waals surface area contributed by atoms with E-state index in [1.54, 1.807) is 6.20 Å². The predicted octanol–water partition coefficient (Wildman–Crippen LogP) is 3.24. The van der Waals surface area contributed by atoms with Gasteiger partial charge in [-0.15, -0.1) is 0 Å². The summed E-state index contributed by atoms with van der Waals surface area (Å²) in [5.41, 5.74) is 1.93. The molecule has 23 heavy (non-hydrogen) atoms. The SMILES string of the molecule is Cc1ccc2oc(C(=O)N3CCC[C@@H]3Cn3cccn3)cc2c1. The minimum absolute atomic E-state index is 0.0199. The van der Waals surface area contributed by atoms with Gasteiger partial charge in [0.1, 0.15) is 5.58 Å². The second kappa shape index (κ2) is 5.57. The summed E-state index contributed by atoms with van der Waals surface area (Å²) >= 11 is 0. The van der Waals surface area contributed by atoms with E-state index in [0.29, 0.717) is 5.76 Å². The van der Waals surface area contributed by atoms with E-state index in [9.17, 15) is 4.79 Å². The molecule has 3 heterocycles. The summed E-state index contributed by atoms with van der Waals surface area (Å²) in [4.78, 5) is 14.8. The Labute approximate surface area is 134 Å². The molecule has 0 N–H and O–H groups in total. The molecule has 0 unspecified atom stereocenters. The first-order valence-electron chi connectivity index (χ1n) is 7.99. The number of carbonyl (C=O) groups excluding carboxylic acids is 1. The van der Waals surface area contributed by atoms with Crippen LogP contribution < -0.4 is 0 Å². The number of rotatable bonds is 3. The minimum Gasteiger partial charge on any atom is -0.451 e. The molecule has 1 aliphatic heterocycles. The van der Waals surface area contributed by atoms with E-state index in [4.69, 9.17) is 4.42 Å². The van der Waals surface area contributed by atoms with Gasteiger partial charge in [-0.2, -0.15) is 5.10 Å². The van der Waals surface area contributed by atoms with Crippen LogP contribution in [0.3, 0.4) is 0 Å². The van der Waals surface area contributed by atoms with Crippen LogP contribution >= 0.6 is 0 Å². The number of benzene rings is 1. The molecule has 1 aromatic carbocycles. The molecule has 2 aromatic heterocycles. The smallest absolute Gasteiger partial charge is 0.289 e. The van der Waals surface area contributed by atoms with Crippen LogP contribution in [0, 0.1) is 6.92 Å². The Hall–Kier alpha value is -2.56. The molecule has 0 bridgehead atoms. The zero-order valence-electron chi connectivity index (χ0n) is 13.1. The number of fused-ring (bicyclic) bond motifs is 1. The third-order valence-corrected chi connectivity index (χ3v) is 4.48. The van der Waals surface area contributed by atoms with Gasteiger partial charge in [-0.05, 0) is 44.0 Å². The number of nitrogens with zero attached hydrogens (tertiary/aromatic N) is 3. The van der Waals surface area contributed by atoms with Gasteiger partial charge < -0.3 is 9.32 Å². The van der Waals surface area contributed by atoms with Crippen LogP contribution in [0.2, 0.25) is 0 Å². The Bertz CT molecular complexity index is 835. The van der Waals surface area contributed by atoms with Crippen molar-refractivity contribution in [3.05, 3.63) is 54.0 Å². The molecular weight excluding hydrogens is 290 g/mol. The molecule has 118 valence electrons. The van der Waals surface area contributed by atoms with Crippen molar-refractivity contribution >= 4 is 16.9 Å². The summed E-state index contributed by atoms with van der Waals surface area (Å²) in [7, 11) is 0. The second-order valence-electron chi connectivity index (χ2n) is 6.17. The largest absolute Gasteiger partial charge is 0.451 e. The summed E-state index contributed by atoms with van der Waals surface area (Å²) in [6.07, 6.45) is 5.73. The molecule has 0 radical (unpaired) electrons. The normalized spacial score (nSPS) is 18.0. The highest BCUT2D eigenvalue weighted by Gasteiger charge is 2.31. The molecule has 1 fully saturated rings. The predicted molar refractivity (Wildman–Crippen MR) is 87.2 cm³/mol. The molecule has 4 rings (SSSR count). The topological polar surface area (TPSA) is 51.3 Å². The van der Waals surface area contributed by atoms with Gasteiger partial charge in [0, 0.05) is 24.3 Å². The van der Waals surface area contributed by atoms with E-state index in [-0.39, 0.29) is 11.9 Å². The van der Waals surface area contributed by atoms with Crippen LogP contribution in [0.1, 0.15) is 29.0 Å². The molecule has 3 aromatic rings. The van der Waals surface area contributed by atoms with Crippen molar-refractivity contribution < 1.29 is 9.21 Å². The molecule has 0 spiro atoms. The quantitative estimate of drug-likeness (QED) is 0.746. The fourth-order valence-electron chi connectivity index (χ4n) is 3.33. The van der Waals surface area contributed by atoms with Crippen molar-refractivity contribution in [2.75, 3.05) is 6.54 Å². The molecule has 5 heteroatoms. The van der Waals surface area contributed by atoms with E-state index in [1.807, 2.05) is 53.0 Å². The minimum atomic E-state index is -0.0199. The third-order valence-electron chi connectivity index (χ3n) is 4.48. The van der Waals surface area contributed by atoms with Crippen molar-refractivity contribution in [1.29, 1.82) is 0 Å². The Morgan fingerprint density at radius 2 is 2.30 bits per heavy atom. The average molecular weight is 309 g/mol. The van der Waals surface area contributed by atoms with E-state index >= 15 is 0 Å². The van der Waals surface area contributed by atoms with Crippen LogP contribution in [-0.2, 0) is 6.54 Å². The van der Waals surface area contributed by atoms with Gasteiger partial charge >= 0.3 is 0 Å². The number of hydrogen-bond acceptors (Lipinski definition) is 3. The first-order valence-corrected chi connectivity index (χ1v) is 7.99. The first kappa shape index (κ1) is 14.1. The molecule has 0 aliphatic carbocycles. The van der Waals surface area contributed by atoms with Crippen molar-refractivity contribution in [3.63, 3.8) is 0 Å². The lowest BCUT2D eigenvalue weighted by Gasteiger charge is -2.23. The number of likely N-dealkylation sites (tertiary alicyclic amines) is 1. The van der Waals surface area contributed by atoms with Crippen molar-refractivity contribution in [1.82, 2.24) is 14.7 Å². The maximum absolute atomic E-state index is 12.8.